The van der Waals surface area contributed by atoms with Crippen LogP contribution in [0.2, 0.25) is 5.15 Å². The second kappa shape index (κ2) is 6.79. The summed E-state index contributed by atoms with van der Waals surface area (Å²) in [5.41, 5.74) is 0.219. The van der Waals surface area contributed by atoms with Crippen LogP contribution in [0.15, 0.2) is 24.4 Å². The fourth-order valence-corrected chi connectivity index (χ4v) is 2.17. The third kappa shape index (κ3) is 4.21. The van der Waals surface area contributed by atoms with Gasteiger partial charge in [0.1, 0.15) is 11.0 Å². The van der Waals surface area contributed by atoms with Crippen molar-refractivity contribution in [3.8, 4) is 0 Å². The number of carboxylic acid groups (broad SMARTS) is 1. The summed E-state index contributed by atoms with van der Waals surface area (Å²) in [5.74, 6) is -0.661. The second-order valence-corrected chi connectivity index (χ2v) is 5.68. The first-order chi connectivity index (χ1) is 10.5. The van der Waals surface area contributed by atoms with Crippen LogP contribution in [0.1, 0.15) is 36.5 Å². The van der Waals surface area contributed by atoms with E-state index in [4.69, 9.17) is 26.9 Å². The lowest BCUT2D eigenvalue weighted by Crippen LogP contribution is -2.12. The van der Waals surface area contributed by atoms with E-state index in [0.29, 0.717) is 12.4 Å². The number of rotatable bonds is 7. The molecule has 0 atom stereocenters. The van der Waals surface area contributed by atoms with Gasteiger partial charge in [0, 0.05) is 17.7 Å². The monoisotopic (exact) mass is 323 g/mol. The molecule has 0 radical (unpaired) electrons. The maximum Gasteiger partial charge on any atom is 0.338 e. The molecule has 3 N–H and O–H groups in total. The van der Waals surface area contributed by atoms with E-state index in [1.807, 2.05) is 0 Å². The number of ether oxygens (including phenoxy) is 1. The molecule has 22 heavy (non-hydrogen) atoms. The maximum atomic E-state index is 10.8. The molecule has 118 valence electrons. The van der Waals surface area contributed by atoms with Gasteiger partial charge >= 0.3 is 5.97 Å². The van der Waals surface area contributed by atoms with E-state index in [0.717, 1.165) is 19.3 Å². The molecule has 1 saturated carbocycles. The highest BCUT2D eigenvalue weighted by atomic mass is 35.5. The molecular weight excluding hydrogens is 306 g/mol. The van der Waals surface area contributed by atoms with Crippen molar-refractivity contribution in [1.82, 2.24) is 4.98 Å². The summed E-state index contributed by atoms with van der Waals surface area (Å²) >= 11 is 5.77. The molecule has 0 amide bonds. The molecule has 0 unspecified atom stereocenters. The van der Waals surface area contributed by atoms with Crippen LogP contribution in [0.3, 0.4) is 0 Å². The summed E-state index contributed by atoms with van der Waals surface area (Å²) < 4.78 is 5.40. The SMILES string of the molecule is CCC1(COC(=N)/C=C\Nc2ccc(C(=O)O)c(Cl)n2)CC1. The Bertz CT molecular complexity index is 612. The van der Waals surface area contributed by atoms with Gasteiger partial charge in [0.2, 0.25) is 5.90 Å². The lowest BCUT2D eigenvalue weighted by atomic mass is 10.1. The van der Waals surface area contributed by atoms with Crippen LogP contribution in [0.4, 0.5) is 5.82 Å². The molecule has 1 fully saturated rings. The van der Waals surface area contributed by atoms with Gasteiger partial charge in [0.25, 0.3) is 0 Å². The fourth-order valence-electron chi connectivity index (χ4n) is 1.93. The Labute approximate surface area is 133 Å². The van der Waals surface area contributed by atoms with E-state index < -0.39 is 5.97 Å². The normalized spacial score (nSPS) is 15.5. The Morgan fingerprint density at radius 1 is 1.59 bits per heavy atom. The van der Waals surface area contributed by atoms with Gasteiger partial charge in [-0.2, -0.15) is 0 Å². The van der Waals surface area contributed by atoms with Gasteiger partial charge in [0.05, 0.1) is 12.2 Å². The van der Waals surface area contributed by atoms with Crippen molar-refractivity contribution in [3.63, 3.8) is 0 Å². The summed E-state index contributed by atoms with van der Waals surface area (Å²) in [7, 11) is 0. The van der Waals surface area contributed by atoms with Gasteiger partial charge < -0.3 is 15.2 Å². The van der Waals surface area contributed by atoms with Crippen molar-refractivity contribution in [2.24, 2.45) is 5.41 Å². The summed E-state index contributed by atoms with van der Waals surface area (Å²) in [6.07, 6.45) is 6.38. The molecule has 1 aliphatic carbocycles. The smallest absolute Gasteiger partial charge is 0.338 e. The molecule has 1 aromatic rings. The van der Waals surface area contributed by atoms with Crippen molar-refractivity contribution in [2.45, 2.75) is 26.2 Å². The number of pyridine rings is 1. The van der Waals surface area contributed by atoms with Crippen LogP contribution in [-0.4, -0.2) is 28.6 Å². The Balaban J connectivity index is 1.83. The molecule has 0 aliphatic heterocycles. The third-order valence-electron chi connectivity index (χ3n) is 3.79. The largest absolute Gasteiger partial charge is 0.478 e. The Morgan fingerprint density at radius 2 is 2.32 bits per heavy atom. The number of anilines is 1. The summed E-state index contributed by atoms with van der Waals surface area (Å²) in [6.45, 7) is 2.71. The Kier molecular flexibility index (Phi) is 5.03. The van der Waals surface area contributed by atoms with Crippen molar-refractivity contribution in [2.75, 3.05) is 11.9 Å². The predicted molar refractivity (Wildman–Crippen MR) is 84.6 cm³/mol. The molecule has 7 heteroatoms. The lowest BCUT2D eigenvalue weighted by Gasteiger charge is -2.12. The van der Waals surface area contributed by atoms with Crippen LogP contribution >= 0.6 is 11.6 Å². The number of nitrogens with one attached hydrogen (secondary N) is 2. The zero-order chi connectivity index (χ0) is 16.2. The van der Waals surface area contributed by atoms with Crippen molar-refractivity contribution in [3.05, 3.63) is 35.1 Å². The number of nitrogens with zero attached hydrogens (tertiary/aromatic N) is 1. The van der Waals surface area contributed by atoms with E-state index in [-0.39, 0.29) is 22.0 Å². The number of carbonyl (C=O) groups is 1. The van der Waals surface area contributed by atoms with Gasteiger partial charge in [-0.1, -0.05) is 18.5 Å². The molecule has 0 bridgehead atoms. The van der Waals surface area contributed by atoms with Crippen LogP contribution < -0.4 is 5.32 Å². The fraction of sp³-hybridized carbons (Fsp3) is 0.400. The number of aromatic nitrogens is 1. The van der Waals surface area contributed by atoms with Gasteiger partial charge in [-0.3, -0.25) is 5.41 Å². The standard InChI is InChI=1S/C15H18ClN3O3/c1-2-15(6-7-15)9-22-11(17)5-8-18-12-4-3-10(14(20)21)13(16)19-12/h3-5,8,17H,2,6-7,9H2,1H3,(H,18,19)(H,20,21)/b8-5-,17-11?. The minimum Gasteiger partial charge on any atom is -0.478 e. The van der Waals surface area contributed by atoms with Gasteiger partial charge in [-0.05, 0) is 31.4 Å². The predicted octanol–water partition coefficient (Wildman–Crippen LogP) is 3.54. The zero-order valence-corrected chi connectivity index (χ0v) is 13.0. The van der Waals surface area contributed by atoms with E-state index in [1.54, 1.807) is 0 Å². The molecule has 1 aliphatic rings. The lowest BCUT2D eigenvalue weighted by molar-refractivity contribution is 0.0696. The highest BCUT2D eigenvalue weighted by molar-refractivity contribution is 6.32. The van der Waals surface area contributed by atoms with Gasteiger partial charge in [-0.15, -0.1) is 0 Å². The van der Waals surface area contributed by atoms with Crippen LogP contribution in [0.5, 0.6) is 0 Å². The topological polar surface area (TPSA) is 95.3 Å². The number of aromatic carboxylic acids is 1. The van der Waals surface area contributed by atoms with Gasteiger partial charge in [0.15, 0.2) is 0 Å². The summed E-state index contributed by atoms with van der Waals surface area (Å²) in [6, 6.07) is 2.87. The maximum absolute atomic E-state index is 10.8. The molecular formula is C15H18ClN3O3. The second-order valence-electron chi connectivity index (χ2n) is 5.32. The molecule has 0 saturated heterocycles. The quantitative estimate of drug-likeness (QED) is 0.405. The van der Waals surface area contributed by atoms with Crippen molar-refractivity contribution >= 4 is 29.3 Å². The molecule has 1 aromatic heterocycles. The highest BCUT2D eigenvalue weighted by Crippen LogP contribution is 2.48. The highest BCUT2D eigenvalue weighted by Gasteiger charge is 2.41. The number of hydrogen-bond acceptors (Lipinski definition) is 5. The van der Waals surface area contributed by atoms with Crippen LogP contribution in [0, 0.1) is 10.8 Å². The minimum absolute atomic E-state index is 0.0541. The first-order valence-corrected chi connectivity index (χ1v) is 7.38. The number of carboxylic acids is 1. The van der Waals surface area contributed by atoms with E-state index >= 15 is 0 Å². The first kappa shape index (κ1) is 16.3. The Hall–Kier alpha value is -2.08. The van der Waals surface area contributed by atoms with Crippen LogP contribution in [-0.2, 0) is 4.74 Å². The minimum atomic E-state index is -1.13. The molecule has 6 nitrogen and oxygen atoms in total. The van der Waals surface area contributed by atoms with E-state index in [9.17, 15) is 4.79 Å². The average molecular weight is 324 g/mol. The molecule has 0 aromatic carbocycles. The van der Waals surface area contributed by atoms with E-state index in [1.165, 1.54) is 24.4 Å². The van der Waals surface area contributed by atoms with Crippen molar-refractivity contribution < 1.29 is 14.6 Å². The first-order valence-electron chi connectivity index (χ1n) is 7.00. The molecule has 0 spiro atoms. The number of hydrogen-bond donors (Lipinski definition) is 3. The van der Waals surface area contributed by atoms with Crippen LogP contribution in [0.25, 0.3) is 0 Å². The molecule has 2 rings (SSSR count). The summed E-state index contributed by atoms with van der Waals surface area (Å²) in [4.78, 5) is 14.7. The average Bonchev–Trinajstić information content (AvgIpc) is 3.25. The Morgan fingerprint density at radius 3 is 2.86 bits per heavy atom. The number of halogens is 1. The van der Waals surface area contributed by atoms with Crippen molar-refractivity contribution in [1.29, 1.82) is 5.41 Å². The van der Waals surface area contributed by atoms with E-state index in [2.05, 4.69) is 17.2 Å². The third-order valence-corrected chi connectivity index (χ3v) is 4.07. The zero-order valence-electron chi connectivity index (χ0n) is 12.2. The summed E-state index contributed by atoms with van der Waals surface area (Å²) in [5, 5.41) is 19.3. The molecule has 1 heterocycles. The van der Waals surface area contributed by atoms with Gasteiger partial charge in [-0.25, -0.2) is 9.78 Å².